The minimum absolute atomic E-state index is 0. The van der Waals surface area contributed by atoms with Crippen molar-refractivity contribution in [1.82, 2.24) is 9.80 Å². The molecule has 0 saturated carbocycles. The van der Waals surface area contributed by atoms with E-state index in [2.05, 4.69) is 14.8 Å². The molecule has 0 amide bonds. The lowest BCUT2D eigenvalue weighted by Crippen LogP contribution is -2.42. The average Bonchev–Trinajstić information content (AvgIpc) is 2.46. The van der Waals surface area contributed by atoms with E-state index in [0.717, 1.165) is 76.0 Å². The molecular formula is C13H27IN4OS. The molecule has 3 N–H and O–H groups in total. The number of rotatable bonds is 4. The first-order chi connectivity index (χ1) is 9.25. The van der Waals surface area contributed by atoms with Crippen molar-refractivity contribution in [2.75, 3.05) is 50.8 Å². The molecule has 0 bridgehead atoms. The van der Waals surface area contributed by atoms with Crippen LogP contribution in [0.15, 0.2) is 4.99 Å². The van der Waals surface area contributed by atoms with Crippen LogP contribution >= 0.6 is 35.7 Å². The first-order valence-electron chi connectivity index (χ1n) is 7.29. The third-order valence-electron chi connectivity index (χ3n) is 3.80. The average molecular weight is 414 g/mol. The first-order valence-corrected chi connectivity index (χ1v) is 8.44. The van der Waals surface area contributed by atoms with E-state index in [0.29, 0.717) is 0 Å². The van der Waals surface area contributed by atoms with Crippen LogP contribution in [0.2, 0.25) is 0 Å². The molecule has 0 spiro atoms. The van der Waals surface area contributed by atoms with E-state index in [9.17, 15) is 5.11 Å². The summed E-state index contributed by atoms with van der Waals surface area (Å²) in [6, 6.07) is 0. The van der Waals surface area contributed by atoms with Gasteiger partial charge in [0.25, 0.3) is 0 Å². The number of thioether (sulfide) groups is 1. The second-order valence-electron chi connectivity index (χ2n) is 5.27. The van der Waals surface area contributed by atoms with Crippen molar-refractivity contribution in [3.05, 3.63) is 0 Å². The Labute approximate surface area is 143 Å². The maximum absolute atomic E-state index is 9.44. The summed E-state index contributed by atoms with van der Waals surface area (Å²) in [6.07, 6.45) is 2.80. The molecule has 20 heavy (non-hydrogen) atoms. The Morgan fingerprint density at radius 1 is 1.20 bits per heavy atom. The zero-order chi connectivity index (χ0) is 13.5. The molecule has 0 aromatic rings. The van der Waals surface area contributed by atoms with Crippen LogP contribution in [0.1, 0.15) is 19.3 Å². The topological polar surface area (TPSA) is 65.1 Å². The highest BCUT2D eigenvalue weighted by atomic mass is 127. The Bertz CT molecular complexity index is 292. The molecule has 7 heteroatoms. The SMILES string of the molecule is I.NC(=NCCCN1CCC(O)CC1)N1CCSCC1. The van der Waals surface area contributed by atoms with Crippen molar-refractivity contribution >= 4 is 41.7 Å². The monoisotopic (exact) mass is 414 g/mol. The number of likely N-dealkylation sites (tertiary alicyclic amines) is 1. The number of aliphatic hydroxyl groups excluding tert-OH is 1. The Morgan fingerprint density at radius 3 is 2.50 bits per heavy atom. The molecular weight excluding hydrogens is 387 g/mol. The molecule has 0 aliphatic carbocycles. The highest BCUT2D eigenvalue weighted by molar-refractivity contribution is 14.0. The van der Waals surface area contributed by atoms with E-state index in [1.54, 1.807) is 0 Å². The standard InChI is InChI=1S/C13H26N4OS.HI/c14-13(17-8-10-19-11-9-17)15-4-1-5-16-6-2-12(18)3-7-16;/h12,18H,1-11H2,(H2,14,15);1H. The van der Waals surface area contributed by atoms with E-state index < -0.39 is 0 Å². The highest BCUT2D eigenvalue weighted by Crippen LogP contribution is 2.10. The van der Waals surface area contributed by atoms with E-state index in [1.165, 1.54) is 0 Å². The minimum atomic E-state index is -0.0816. The van der Waals surface area contributed by atoms with Crippen LogP contribution in [0.4, 0.5) is 0 Å². The number of aliphatic hydroxyl groups is 1. The Balaban J connectivity index is 0.00000200. The highest BCUT2D eigenvalue weighted by Gasteiger charge is 2.16. The summed E-state index contributed by atoms with van der Waals surface area (Å²) in [5.41, 5.74) is 6.01. The van der Waals surface area contributed by atoms with Crippen LogP contribution < -0.4 is 5.73 Å². The van der Waals surface area contributed by atoms with Gasteiger partial charge in [-0.2, -0.15) is 11.8 Å². The summed E-state index contributed by atoms with van der Waals surface area (Å²) in [7, 11) is 0. The van der Waals surface area contributed by atoms with Gasteiger partial charge in [0.1, 0.15) is 0 Å². The summed E-state index contributed by atoms with van der Waals surface area (Å²) in [5.74, 6) is 3.04. The van der Waals surface area contributed by atoms with Crippen molar-refractivity contribution in [2.24, 2.45) is 10.7 Å². The molecule has 0 unspecified atom stereocenters. The van der Waals surface area contributed by atoms with Crippen LogP contribution in [0.5, 0.6) is 0 Å². The fourth-order valence-corrected chi connectivity index (χ4v) is 3.43. The Hall–Kier alpha value is 0.270. The summed E-state index contributed by atoms with van der Waals surface area (Å²) in [4.78, 5) is 9.08. The van der Waals surface area contributed by atoms with E-state index in [-0.39, 0.29) is 30.1 Å². The van der Waals surface area contributed by atoms with Crippen LogP contribution in [-0.2, 0) is 0 Å². The van der Waals surface area contributed by atoms with Gasteiger partial charge in [-0.1, -0.05) is 0 Å². The second kappa shape index (κ2) is 10.1. The summed E-state index contributed by atoms with van der Waals surface area (Å²) in [5, 5.41) is 9.44. The molecule has 2 fully saturated rings. The third kappa shape index (κ3) is 6.36. The zero-order valence-electron chi connectivity index (χ0n) is 12.0. The van der Waals surface area contributed by atoms with Crippen molar-refractivity contribution in [3.8, 4) is 0 Å². The van der Waals surface area contributed by atoms with E-state index >= 15 is 0 Å². The van der Waals surface area contributed by atoms with E-state index in [1.807, 2.05) is 11.8 Å². The van der Waals surface area contributed by atoms with Gasteiger partial charge < -0.3 is 20.6 Å². The van der Waals surface area contributed by atoms with Gasteiger partial charge in [0.15, 0.2) is 5.96 Å². The van der Waals surface area contributed by atoms with Crippen LogP contribution in [-0.4, -0.2) is 77.7 Å². The van der Waals surface area contributed by atoms with Gasteiger partial charge in [0.2, 0.25) is 0 Å². The maximum Gasteiger partial charge on any atom is 0.191 e. The number of hydrogen-bond donors (Lipinski definition) is 2. The Kier molecular flexibility index (Phi) is 9.23. The quantitative estimate of drug-likeness (QED) is 0.309. The van der Waals surface area contributed by atoms with E-state index in [4.69, 9.17) is 5.73 Å². The smallest absolute Gasteiger partial charge is 0.191 e. The van der Waals surface area contributed by atoms with Crippen LogP contribution in [0.3, 0.4) is 0 Å². The van der Waals surface area contributed by atoms with Crippen molar-refractivity contribution in [2.45, 2.75) is 25.4 Å². The zero-order valence-corrected chi connectivity index (χ0v) is 15.2. The lowest BCUT2D eigenvalue weighted by atomic mass is 10.1. The summed E-state index contributed by atoms with van der Waals surface area (Å²) in [6.45, 7) is 5.98. The summed E-state index contributed by atoms with van der Waals surface area (Å²) < 4.78 is 0. The van der Waals surface area contributed by atoms with Gasteiger partial charge in [0, 0.05) is 44.2 Å². The number of nitrogens with two attached hydrogens (primary N) is 1. The fourth-order valence-electron chi connectivity index (χ4n) is 2.52. The molecule has 0 atom stereocenters. The molecule has 2 aliphatic rings. The fraction of sp³-hybridized carbons (Fsp3) is 0.923. The van der Waals surface area contributed by atoms with Crippen molar-refractivity contribution < 1.29 is 5.11 Å². The number of piperidine rings is 1. The molecule has 2 heterocycles. The lowest BCUT2D eigenvalue weighted by Gasteiger charge is -2.29. The first kappa shape index (κ1) is 18.3. The Morgan fingerprint density at radius 2 is 1.85 bits per heavy atom. The van der Waals surface area contributed by atoms with Crippen LogP contribution in [0, 0.1) is 0 Å². The largest absolute Gasteiger partial charge is 0.393 e. The number of hydrogen-bond acceptors (Lipinski definition) is 4. The predicted molar refractivity (Wildman–Crippen MR) is 97.1 cm³/mol. The molecule has 5 nitrogen and oxygen atoms in total. The molecule has 2 aliphatic heterocycles. The minimum Gasteiger partial charge on any atom is -0.393 e. The van der Waals surface area contributed by atoms with Crippen molar-refractivity contribution in [3.63, 3.8) is 0 Å². The van der Waals surface area contributed by atoms with Crippen molar-refractivity contribution in [1.29, 1.82) is 0 Å². The molecule has 2 rings (SSSR count). The number of aliphatic imine (C=N–C) groups is 1. The predicted octanol–water partition coefficient (Wildman–Crippen LogP) is 0.815. The van der Waals surface area contributed by atoms with Gasteiger partial charge in [-0.05, 0) is 25.8 Å². The van der Waals surface area contributed by atoms with Gasteiger partial charge >= 0.3 is 0 Å². The molecule has 0 radical (unpaired) electrons. The molecule has 118 valence electrons. The number of halogens is 1. The van der Waals surface area contributed by atoms with Gasteiger partial charge in [0.05, 0.1) is 6.10 Å². The number of guanidine groups is 1. The third-order valence-corrected chi connectivity index (χ3v) is 4.74. The molecule has 0 aromatic heterocycles. The number of nitrogens with zero attached hydrogens (tertiary/aromatic N) is 3. The normalized spacial score (nSPS) is 22.6. The lowest BCUT2D eigenvalue weighted by molar-refractivity contribution is 0.0824. The summed E-state index contributed by atoms with van der Waals surface area (Å²) >= 11 is 1.98. The van der Waals surface area contributed by atoms with Gasteiger partial charge in [-0.25, -0.2) is 0 Å². The molecule has 0 aromatic carbocycles. The second-order valence-corrected chi connectivity index (χ2v) is 6.49. The van der Waals surface area contributed by atoms with Gasteiger partial charge in [-0.15, -0.1) is 24.0 Å². The van der Waals surface area contributed by atoms with Gasteiger partial charge in [-0.3, -0.25) is 4.99 Å². The maximum atomic E-state index is 9.44. The van der Waals surface area contributed by atoms with Crippen LogP contribution in [0.25, 0.3) is 0 Å². The molecule has 2 saturated heterocycles.